The lowest BCUT2D eigenvalue weighted by Gasteiger charge is -2.37. The molecular weight excluding hydrogens is 230 g/mol. The highest BCUT2D eigenvalue weighted by Gasteiger charge is 2.24. The zero-order valence-corrected chi connectivity index (χ0v) is 10.8. The number of morpholine rings is 1. The van der Waals surface area contributed by atoms with Gasteiger partial charge in [-0.2, -0.15) is 0 Å². The summed E-state index contributed by atoms with van der Waals surface area (Å²) in [4.78, 5) is 13.4. The highest BCUT2D eigenvalue weighted by Crippen LogP contribution is 2.17. The zero-order valence-electron chi connectivity index (χ0n) is 10.8. The molecule has 4 nitrogen and oxygen atoms in total. The van der Waals surface area contributed by atoms with Crippen molar-refractivity contribution in [2.24, 2.45) is 0 Å². The first-order valence-electron chi connectivity index (χ1n) is 6.24. The number of carboxylic acids is 1. The molecule has 18 heavy (non-hydrogen) atoms. The van der Waals surface area contributed by atoms with E-state index in [1.54, 1.807) is 12.1 Å². The first-order valence-corrected chi connectivity index (χ1v) is 6.24. The summed E-state index contributed by atoms with van der Waals surface area (Å²) in [6, 6.07) is 7.51. The van der Waals surface area contributed by atoms with Gasteiger partial charge in [-0.25, -0.2) is 4.79 Å². The van der Waals surface area contributed by atoms with Crippen molar-refractivity contribution in [3.63, 3.8) is 0 Å². The summed E-state index contributed by atoms with van der Waals surface area (Å²) in [5.41, 5.74) is 1.26. The molecule has 1 heterocycles. The van der Waals surface area contributed by atoms with Crippen LogP contribution in [0.3, 0.4) is 0 Å². The van der Waals surface area contributed by atoms with Crippen LogP contribution >= 0.6 is 0 Å². The van der Waals surface area contributed by atoms with E-state index >= 15 is 0 Å². The molecule has 2 unspecified atom stereocenters. The molecule has 2 atom stereocenters. The molecule has 1 aromatic rings. The molecule has 2 rings (SSSR count). The third kappa shape index (κ3) is 2.89. The van der Waals surface area contributed by atoms with Crippen molar-refractivity contribution in [2.45, 2.75) is 32.5 Å². The topological polar surface area (TPSA) is 49.8 Å². The van der Waals surface area contributed by atoms with Gasteiger partial charge in [-0.3, -0.25) is 4.90 Å². The lowest BCUT2D eigenvalue weighted by molar-refractivity contribution is -0.0527. The van der Waals surface area contributed by atoms with E-state index in [2.05, 4.69) is 11.8 Å². The Morgan fingerprint density at radius 2 is 2.17 bits per heavy atom. The van der Waals surface area contributed by atoms with Crippen molar-refractivity contribution in [1.29, 1.82) is 0 Å². The number of carbonyl (C=O) groups is 1. The van der Waals surface area contributed by atoms with Crippen molar-refractivity contribution in [1.82, 2.24) is 4.90 Å². The SMILES string of the molecule is CC1CN(Cc2ccccc2C(=O)O)C(C)CO1. The second kappa shape index (κ2) is 5.50. The number of hydrogen-bond donors (Lipinski definition) is 1. The van der Waals surface area contributed by atoms with Crippen molar-refractivity contribution in [3.8, 4) is 0 Å². The fourth-order valence-electron chi connectivity index (χ4n) is 2.28. The molecule has 0 spiro atoms. The molecule has 0 aliphatic carbocycles. The molecule has 1 saturated heterocycles. The Bertz CT molecular complexity index is 433. The van der Waals surface area contributed by atoms with Crippen LogP contribution in [0.2, 0.25) is 0 Å². The van der Waals surface area contributed by atoms with Gasteiger partial charge < -0.3 is 9.84 Å². The van der Waals surface area contributed by atoms with Gasteiger partial charge in [-0.1, -0.05) is 18.2 Å². The Morgan fingerprint density at radius 1 is 1.44 bits per heavy atom. The number of nitrogens with zero attached hydrogens (tertiary/aromatic N) is 1. The van der Waals surface area contributed by atoms with E-state index in [0.717, 1.165) is 12.1 Å². The average Bonchev–Trinajstić information content (AvgIpc) is 2.34. The fourth-order valence-corrected chi connectivity index (χ4v) is 2.28. The number of rotatable bonds is 3. The molecule has 0 saturated carbocycles. The van der Waals surface area contributed by atoms with Crippen molar-refractivity contribution >= 4 is 5.97 Å². The second-order valence-corrected chi connectivity index (χ2v) is 4.88. The molecule has 98 valence electrons. The summed E-state index contributed by atoms with van der Waals surface area (Å²) in [7, 11) is 0. The summed E-state index contributed by atoms with van der Waals surface area (Å²) in [6.45, 7) is 6.36. The van der Waals surface area contributed by atoms with Crippen molar-refractivity contribution in [2.75, 3.05) is 13.2 Å². The average molecular weight is 249 g/mol. The normalized spacial score (nSPS) is 25.0. The van der Waals surface area contributed by atoms with E-state index in [1.165, 1.54) is 0 Å². The van der Waals surface area contributed by atoms with Crippen LogP contribution in [0.4, 0.5) is 0 Å². The van der Waals surface area contributed by atoms with Gasteiger partial charge in [0.05, 0.1) is 18.3 Å². The molecule has 0 radical (unpaired) electrons. The minimum atomic E-state index is -0.862. The fraction of sp³-hybridized carbons (Fsp3) is 0.500. The number of carboxylic acid groups (broad SMARTS) is 1. The number of benzene rings is 1. The minimum Gasteiger partial charge on any atom is -0.478 e. The van der Waals surface area contributed by atoms with Crippen LogP contribution in [-0.2, 0) is 11.3 Å². The largest absolute Gasteiger partial charge is 0.478 e. The quantitative estimate of drug-likeness (QED) is 0.890. The number of aromatic carboxylic acids is 1. The van der Waals surface area contributed by atoms with Gasteiger partial charge in [0.15, 0.2) is 0 Å². The Hall–Kier alpha value is -1.39. The lowest BCUT2D eigenvalue weighted by atomic mass is 10.1. The molecule has 1 aliphatic rings. The minimum absolute atomic E-state index is 0.207. The lowest BCUT2D eigenvalue weighted by Crippen LogP contribution is -2.46. The van der Waals surface area contributed by atoms with Gasteiger partial charge in [-0.15, -0.1) is 0 Å². The van der Waals surface area contributed by atoms with Crippen LogP contribution in [0.25, 0.3) is 0 Å². The number of hydrogen-bond acceptors (Lipinski definition) is 3. The van der Waals surface area contributed by atoms with Crippen LogP contribution in [0.15, 0.2) is 24.3 Å². The molecule has 1 aromatic carbocycles. The predicted octanol–water partition coefficient (Wildman–Crippen LogP) is 1.99. The molecule has 4 heteroatoms. The summed E-state index contributed by atoms with van der Waals surface area (Å²) in [5.74, 6) is -0.862. The standard InChI is InChI=1S/C14H19NO3/c1-10-9-18-11(2)7-15(10)8-12-5-3-4-6-13(12)14(16)17/h3-6,10-11H,7-9H2,1-2H3,(H,16,17). The van der Waals surface area contributed by atoms with E-state index in [9.17, 15) is 4.79 Å². The van der Waals surface area contributed by atoms with E-state index in [-0.39, 0.29) is 6.10 Å². The summed E-state index contributed by atoms with van der Waals surface area (Å²) in [5, 5.41) is 9.17. The van der Waals surface area contributed by atoms with Gasteiger partial charge in [0.1, 0.15) is 0 Å². The van der Waals surface area contributed by atoms with Crippen molar-refractivity contribution < 1.29 is 14.6 Å². The summed E-state index contributed by atoms with van der Waals surface area (Å²) in [6.07, 6.45) is 0.207. The Morgan fingerprint density at radius 3 is 2.89 bits per heavy atom. The van der Waals surface area contributed by atoms with Crippen LogP contribution in [0, 0.1) is 0 Å². The van der Waals surface area contributed by atoms with Gasteiger partial charge in [0, 0.05) is 19.1 Å². The predicted molar refractivity (Wildman–Crippen MR) is 68.7 cm³/mol. The highest BCUT2D eigenvalue weighted by atomic mass is 16.5. The van der Waals surface area contributed by atoms with Gasteiger partial charge in [0.25, 0.3) is 0 Å². The third-order valence-electron chi connectivity index (χ3n) is 3.36. The van der Waals surface area contributed by atoms with E-state index in [4.69, 9.17) is 9.84 Å². The van der Waals surface area contributed by atoms with Crippen LogP contribution < -0.4 is 0 Å². The van der Waals surface area contributed by atoms with Crippen LogP contribution in [-0.4, -0.2) is 41.3 Å². The Balaban J connectivity index is 2.15. The monoisotopic (exact) mass is 249 g/mol. The first-order chi connectivity index (χ1) is 8.58. The summed E-state index contributed by atoms with van der Waals surface area (Å²) < 4.78 is 5.58. The maximum atomic E-state index is 11.2. The smallest absolute Gasteiger partial charge is 0.336 e. The molecule has 0 aromatic heterocycles. The molecule has 0 amide bonds. The van der Waals surface area contributed by atoms with E-state index < -0.39 is 5.97 Å². The first kappa shape index (κ1) is 13.1. The zero-order chi connectivity index (χ0) is 13.1. The molecule has 0 bridgehead atoms. The van der Waals surface area contributed by atoms with Crippen molar-refractivity contribution in [3.05, 3.63) is 35.4 Å². The maximum Gasteiger partial charge on any atom is 0.336 e. The van der Waals surface area contributed by atoms with E-state index in [0.29, 0.717) is 24.8 Å². The number of ether oxygens (including phenoxy) is 1. The molecule has 1 aliphatic heterocycles. The second-order valence-electron chi connectivity index (χ2n) is 4.88. The van der Waals surface area contributed by atoms with E-state index in [1.807, 2.05) is 19.1 Å². The Kier molecular flexibility index (Phi) is 3.99. The highest BCUT2D eigenvalue weighted by molar-refractivity contribution is 5.89. The van der Waals surface area contributed by atoms with Gasteiger partial charge in [0.2, 0.25) is 0 Å². The van der Waals surface area contributed by atoms with Crippen LogP contribution in [0.1, 0.15) is 29.8 Å². The van der Waals surface area contributed by atoms with Crippen LogP contribution in [0.5, 0.6) is 0 Å². The molecule has 1 N–H and O–H groups in total. The van der Waals surface area contributed by atoms with Gasteiger partial charge in [-0.05, 0) is 25.5 Å². The van der Waals surface area contributed by atoms with Gasteiger partial charge >= 0.3 is 5.97 Å². The third-order valence-corrected chi connectivity index (χ3v) is 3.36. The molecular formula is C14H19NO3. The maximum absolute atomic E-state index is 11.2. The molecule has 1 fully saturated rings. The summed E-state index contributed by atoms with van der Waals surface area (Å²) >= 11 is 0. The Labute approximate surface area is 107 Å².